The molecule has 0 spiro atoms. The van der Waals surface area contributed by atoms with E-state index in [2.05, 4.69) is 36.2 Å². The number of nitrogens with zero attached hydrogens (tertiary/aromatic N) is 2. The van der Waals surface area contributed by atoms with Gasteiger partial charge < -0.3 is 18.8 Å². The van der Waals surface area contributed by atoms with E-state index in [1.165, 1.54) is 11.1 Å². The molecule has 2 atom stereocenters. The summed E-state index contributed by atoms with van der Waals surface area (Å²) < 4.78 is 20.4. The van der Waals surface area contributed by atoms with Gasteiger partial charge >= 0.3 is 0 Å². The maximum atomic E-state index is 6.39. The zero-order valence-corrected chi connectivity index (χ0v) is 18.3. The molecular weight excluding hydrogens is 423 g/mol. The second-order valence-corrected chi connectivity index (χ2v) is 8.36. The normalized spacial score (nSPS) is 21.1. The van der Waals surface area contributed by atoms with Gasteiger partial charge in [-0.25, -0.2) is 4.98 Å². The van der Waals surface area contributed by atoms with Crippen molar-refractivity contribution < 1.29 is 14.2 Å². The second kappa shape index (κ2) is 9.40. The molecule has 1 saturated heterocycles. The minimum Gasteiger partial charge on any atom is -0.488 e. The molecule has 0 saturated carbocycles. The van der Waals surface area contributed by atoms with Crippen LogP contribution in [0.5, 0.6) is 5.75 Å². The van der Waals surface area contributed by atoms with Crippen LogP contribution in [0.15, 0.2) is 61.2 Å². The Labute approximate surface area is 186 Å². The topological polar surface area (TPSA) is 45.5 Å². The number of benzene rings is 2. The van der Waals surface area contributed by atoms with E-state index in [9.17, 15) is 0 Å². The molecule has 0 aliphatic carbocycles. The average Bonchev–Trinajstić information content (AvgIpc) is 3.38. The van der Waals surface area contributed by atoms with Crippen molar-refractivity contribution in [2.24, 2.45) is 0 Å². The van der Waals surface area contributed by atoms with Gasteiger partial charge in [-0.15, -0.1) is 0 Å². The van der Waals surface area contributed by atoms with Crippen LogP contribution in [0.3, 0.4) is 0 Å². The fraction of sp³-hybridized carbons (Fsp3) is 0.348. The molecule has 2 aromatic carbocycles. The third-order valence-electron chi connectivity index (χ3n) is 5.14. The first-order valence-electron chi connectivity index (χ1n) is 9.93. The van der Waals surface area contributed by atoms with Gasteiger partial charge in [0.2, 0.25) is 0 Å². The number of imidazole rings is 1. The number of hydrogen-bond acceptors (Lipinski definition) is 4. The molecule has 1 aliphatic heterocycles. The molecule has 2 unspecified atom stereocenters. The summed E-state index contributed by atoms with van der Waals surface area (Å²) in [5.41, 5.74) is 2.50. The zero-order valence-electron chi connectivity index (χ0n) is 16.8. The van der Waals surface area contributed by atoms with Gasteiger partial charge in [-0.05, 0) is 31.0 Å². The van der Waals surface area contributed by atoms with E-state index in [1.54, 1.807) is 30.7 Å². The van der Waals surface area contributed by atoms with Crippen LogP contribution in [0.4, 0.5) is 0 Å². The quantitative estimate of drug-likeness (QED) is 0.469. The van der Waals surface area contributed by atoms with Crippen LogP contribution >= 0.6 is 23.2 Å². The van der Waals surface area contributed by atoms with Crippen molar-refractivity contribution in [3.63, 3.8) is 0 Å². The predicted molar refractivity (Wildman–Crippen MR) is 117 cm³/mol. The minimum absolute atomic E-state index is 0.223. The Morgan fingerprint density at radius 3 is 2.63 bits per heavy atom. The molecule has 0 bridgehead atoms. The summed E-state index contributed by atoms with van der Waals surface area (Å²) in [6.07, 6.45) is 6.78. The summed E-state index contributed by atoms with van der Waals surface area (Å²) in [4.78, 5) is 4.14. The largest absolute Gasteiger partial charge is 0.488 e. The Bertz CT molecular complexity index is 943. The molecular formula is C23H24Cl2N2O3. The second-order valence-electron chi connectivity index (χ2n) is 7.54. The molecule has 7 heteroatoms. The molecule has 4 rings (SSSR count). The average molecular weight is 447 g/mol. The van der Waals surface area contributed by atoms with Crippen LogP contribution in [0, 0.1) is 6.92 Å². The summed E-state index contributed by atoms with van der Waals surface area (Å²) in [6, 6.07) is 13.8. The highest BCUT2D eigenvalue weighted by atomic mass is 35.5. The Morgan fingerprint density at radius 2 is 1.93 bits per heavy atom. The lowest BCUT2D eigenvalue weighted by Gasteiger charge is -2.28. The third kappa shape index (κ3) is 5.16. The highest BCUT2D eigenvalue weighted by Gasteiger charge is 2.42. The fourth-order valence-corrected chi connectivity index (χ4v) is 4.04. The molecule has 1 aliphatic rings. The van der Waals surface area contributed by atoms with Crippen LogP contribution in [0.25, 0.3) is 0 Å². The Hall–Kier alpha value is -2.05. The van der Waals surface area contributed by atoms with E-state index >= 15 is 0 Å². The monoisotopic (exact) mass is 446 g/mol. The van der Waals surface area contributed by atoms with E-state index < -0.39 is 5.79 Å². The molecule has 5 nitrogen and oxygen atoms in total. The summed E-state index contributed by atoms with van der Waals surface area (Å²) in [5.74, 6) is -0.277. The van der Waals surface area contributed by atoms with Crippen molar-refractivity contribution in [1.29, 1.82) is 0 Å². The predicted octanol–water partition coefficient (Wildman–Crippen LogP) is 5.32. The van der Waals surface area contributed by atoms with Gasteiger partial charge in [-0.1, -0.05) is 59.1 Å². The maximum Gasteiger partial charge on any atom is 0.187 e. The SMILES string of the molecule is Cc1ccc(CCC2(Cn3ccnc3)OCC(COc3c(Cl)cccc3Cl)O2)cc1. The zero-order chi connectivity index (χ0) is 21.0. The maximum absolute atomic E-state index is 6.39. The van der Waals surface area contributed by atoms with Gasteiger partial charge in [0.05, 0.1) is 29.5 Å². The van der Waals surface area contributed by atoms with Crippen LogP contribution < -0.4 is 4.74 Å². The van der Waals surface area contributed by atoms with E-state index in [0.29, 0.717) is 35.6 Å². The van der Waals surface area contributed by atoms with Gasteiger partial charge in [0.1, 0.15) is 12.7 Å². The Kier molecular flexibility index (Phi) is 6.64. The summed E-state index contributed by atoms with van der Waals surface area (Å²) in [6.45, 7) is 3.38. The molecule has 30 heavy (non-hydrogen) atoms. The molecule has 0 radical (unpaired) electrons. The minimum atomic E-state index is -0.746. The molecule has 0 amide bonds. The molecule has 2 heterocycles. The van der Waals surface area contributed by atoms with Crippen molar-refractivity contribution in [3.05, 3.63) is 82.4 Å². The van der Waals surface area contributed by atoms with Gasteiger partial charge in [0.25, 0.3) is 0 Å². The molecule has 158 valence electrons. The van der Waals surface area contributed by atoms with Gasteiger partial charge in [-0.2, -0.15) is 0 Å². The van der Waals surface area contributed by atoms with Crippen molar-refractivity contribution in [3.8, 4) is 5.75 Å². The van der Waals surface area contributed by atoms with Crippen molar-refractivity contribution in [1.82, 2.24) is 9.55 Å². The van der Waals surface area contributed by atoms with E-state index in [-0.39, 0.29) is 6.10 Å². The lowest BCUT2D eigenvalue weighted by Crippen LogP contribution is -2.37. The Morgan fingerprint density at radius 1 is 1.17 bits per heavy atom. The fourth-order valence-electron chi connectivity index (χ4n) is 3.54. The number of para-hydroxylation sites is 1. The van der Waals surface area contributed by atoms with Crippen LogP contribution in [0.2, 0.25) is 10.0 Å². The van der Waals surface area contributed by atoms with Crippen molar-refractivity contribution in [2.75, 3.05) is 13.2 Å². The standard InChI is InChI=1S/C23H24Cl2N2O3/c1-17-5-7-18(8-6-17)9-10-23(15-27-12-11-26-16-27)29-14-19(30-23)13-28-22-20(24)3-2-4-21(22)25/h2-8,11-12,16,19H,9-10,13-15H2,1H3. The van der Waals surface area contributed by atoms with Crippen molar-refractivity contribution in [2.45, 2.75) is 38.2 Å². The Balaban J connectivity index is 1.43. The van der Waals surface area contributed by atoms with Gasteiger partial charge in [0.15, 0.2) is 11.5 Å². The molecule has 3 aromatic rings. The first-order valence-corrected chi connectivity index (χ1v) is 10.7. The molecule has 1 aromatic heterocycles. The van der Waals surface area contributed by atoms with Crippen LogP contribution in [0.1, 0.15) is 17.5 Å². The lowest BCUT2D eigenvalue weighted by molar-refractivity contribution is -0.184. The smallest absolute Gasteiger partial charge is 0.187 e. The first-order chi connectivity index (χ1) is 14.5. The number of hydrogen-bond donors (Lipinski definition) is 0. The van der Waals surface area contributed by atoms with E-state index in [0.717, 1.165) is 12.8 Å². The number of rotatable bonds is 8. The first kappa shape index (κ1) is 21.2. The summed E-state index contributed by atoms with van der Waals surface area (Å²) in [5, 5.41) is 0.955. The van der Waals surface area contributed by atoms with Crippen LogP contribution in [-0.2, 0) is 22.4 Å². The van der Waals surface area contributed by atoms with Gasteiger partial charge in [-0.3, -0.25) is 0 Å². The number of halogens is 2. The van der Waals surface area contributed by atoms with E-state index in [4.69, 9.17) is 37.4 Å². The highest BCUT2D eigenvalue weighted by molar-refractivity contribution is 6.37. The lowest BCUT2D eigenvalue weighted by atomic mass is 10.0. The van der Waals surface area contributed by atoms with Gasteiger partial charge in [0, 0.05) is 18.8 Å². The summed E-state index contributed by atoms with van der Waals surface area (Å²) in [7, 11) is 0. The molecule has 1 fully saturated rings. The number of aromatic nitrogens is 2. The molecule has 0 N–H and O–H groups in total. The number of ether oxygens (including phenoxy) is 3. The van der Waals surface area contributed by atoms with Crippen LogP contribution in [-0.4, -0.2) is 34.7 Å². The third-order valence-corrected chi connectivity index (χ3v) is 5.74. The number of aryl methyl sites for hydroxylation is 2. The van der Waals surface area contributed by atoms with E-state index in [1.807, 2.05) is 10.8 Å². The summed E-state index contributed by atoms with van der Waals surface area (Å²) >= 11 is 12.4. The highest BCUT2D eigenvalue weighted by Crippen LogP contribution is 2.35. The van der Waals surface area contributed by atoms with Crippen molar-refractivity contribution >= 4 is 23.2 Å².